The van der Waals surface area contributed by atoms with Crippen LogP contribution in [0.3, 0.4) is 0 Å². The van der Waals surface area contributed by atoms with E-state index in [0.717, 1.165) is 60.3 Å². The van der Waals surface area contributed by atoms with Crippen LogP contribution in [0.4, 0.5) is 0 Å². The zero-order chi connectivity index (χ0) is 20.8. The number of benzene rings is 1. The number of nitrogens with one attached hydrogen (secondary N) is 1. The topological polar surface area (TPSA) is 42.0 Å². The van der Waals surface area contributed by atoms with E-state index in [9.17, 15) is 4.79 Å². The number of carbonyl (C=O) groups excluding carboxylic acids is 1. The molecule has 1 aromatic carbocycles. The quantitative estimate of drug-likeness (QED) is 0.362. The van der Waals surface area contributed by atoms with Crippen molar-refractivity contribution in [2.45, 2.75) is 75.9 Å². The maximum Gasteiger partial charge on any atom is 0.164 e. The minimum absolute atomic E-state index is 0. The zero-order valence-corrected chi connectivity index (χ0v) is 19.2. The van der Waals surface area contributed by atoms with E-state index >= 15 is 0 Å². The second kappa shape index (κ2) is 12.0. The van der Waals surface area contributed by atoms with Gasteiger partial charge in [-0.15, -0.1) is 11.8 Å². The van der Waals surface area contributed by atoms with Crippen molar-refractivity contribution in [2.75, 3.05) is 13.1 Å². The molecule has 168 valence electrons. The molecular weight excluding hydrogens is 424 g/mol. The highest BCUT2D eigenvalue weighted by molar-refractivity contribution is 7.98. The van der Waals surface area contributed by atoms with Crippen molar-refractivity contribution in [1.29, 1.82) is 0 Å². The standard InChI is InChI=1S/C25H31ClN2OS.CH4/c26-23-10-8-19-12-14-27-15-13-22(19)25(23)30-17-21-9-7-20(16-28-21)24(29)11-6-18-4-2-1-3-5-18;/h7-10,16,18,27H,1-6,11-15,17H2;1H4. The van der Waals surface area contributed by atoms with Gasteiger partial charge in [-0.05, 0) is 67.6 Å². The molecule has 1 N–H and O–H groups in total. The molecule has 3 nitrogen and oxygen atoms in total. The van der Waals surface area contributed by atoms with Gasteiger partial charge < -0.3 is 5.32 Å². The lowest BCUT2D eigenvalue weighted by atomic mass is 9.85. The molecule has 1 aromatic heterocycles. The maximum atomic E-state index is 12.5. The van der Waals surface area contributed by atoms with Crippen LogP contribution in [0, 0.1) is 5.92 Å². The van der Waals surface area contributed by atoms with E-state index in [1.807, 2.05) is 18.2 Å². The largest absolute Gasteiger partial charge is 0.316 e. The van der Waals surface area contributed by atoms with Crippen molar-refractivity contribution in [2.24, 2.45) is 5.92 Å². The fraction of sp³-hybridized carbons (Fsp3) is 0.538. The van der Waals surface area contributed by atoms with E-state index in [1.165, 1.54) is 48.1 Å². The number of Topliss-reactive ketones (excluding diaryl/α,β-unsaturated/α-hetero) is 1. The Hall–Kier alpha value is -1.36. The highest BCUT2D eigenvalue weighted by atomic mass is 35.5. The van der Waals surface area contributed by atoms with Crippen LogP contribution in [0.25, 0.3) is 0 Å². The first-order valence-electron chi connectivity index (χ1n) is 11.3. The van der Waals surface area contributed by atoms with Crippen molar-refractivity contribution in [1.82, 2.24) is 10.3 Å². The predicted molar refractivity (Wildman–Crippen MR) is 132 cm³/mol. The van der Waals surface area contributed by atoms with Gasteiger partial charge in [-0.3, -0.25) is 9.78 Å². The number of hydrogen-bond donors (Lipinski definition) is 1. The molecule has 0 radical (unpaired) electrons. The van der Waals surface area contributed by atoms with Gasteiger partial charge in [0.05, 0.1) is 10.7 Å². The van der Waals surface area contributed by atoms with Crippen LogP contribution in [-0.4, -0.2) is 23.9 Å². The van der Waals surface area contributed by atoms with Gasteiger partial charge in [-0.1, -0.05) is 57.2 Å². The molecule has 0 unspecified atom stereocenters. The number of hydrogen-bond acceptors (Lipinski definition) is 4. The molecule has 1 fully saturated rings. The van der Waals surface area contributed by atoms with Crippen molar-refractivity contribution in [3.8, 4) is 0 Å². The van der Waals surface area contributed by atoms with Crippen LogP contribution in [0.2, 0.25) is 5.02 Å². The minimum Gasteiger partial charge on any atom is -0.316 e. The Balaban J connectivity index is 0.00000272. The summed E-state index contributed by atoms with van der Waals surface area (Å²) in [5.41, 5.74) is 4.52. The summed E-state index contributed by atoms with van der Waals surface area (Å²) in [6.45, 7) is 2.02. The molecule has 0 amide bonds. The van der Waals surface area contributed by atoms with Crippen molar-refractivity contribution in [3.05, 3.63) is 57.9 Å². The molecule has 5 heteroatoms. The van der Waals surface area contributed by atoms with E-state index in [-0.39, 0.29) is 13.2 Å². The number of pyridine rings is 1. The van der Waals surface area contributed by atoms with E-state index < -0.39 is 0 Å². The third kappa shape index (κ3) is 6.57. The first kappa shape index (κ1) is 24.3. The van der Waals surface area contributed by atoms with Crippen LogP contribution in [-0.2, 0) is 18.6 Å². The first-order chi connectivity index (χ1) is 14.7. The smallest absolute Gasteiger partial charge is 0.164 e. The number of fused-ring (bicyclic) bond motifs is 1. The predicted octanol–water partition coefficient (Wildman–Crippen LogP) is 6.89. The summed E-state index contributed by atoms with van der Waals surface area (Å²) in [5.74, 6) is 1.74. The SMILES string of the molecule is C.O=C(CCC1CCCCC1)c1ccc(CSc2c(Cl)ccc3c2CCNCC3)nc1. The Morgan fingerprint density at radius 1 is 1.10 bits per heavy atom. The monoisotopic (exact) mass is 458 g/mol. The molecule has 1 saturated carbocycles. The summed E-state index contributed by atoms with van der Waals surface area (Å²) in [4.78, 5) is 18.3. The summed E-state index contributed by atoms with van der Waals surface area (Å²) in [5, 5.41) is 4.29. The molecular formula is C26H35ClN2OS. The lowest BCUT2D eigenvalue weighted by molar-refractivity contribution is 0.0970. The lowest BCUT2D eigenvalue weighted by Crippen LogP contribution is -2.16. The van der Waals surface area contributed by atoms with Gasteiger partial charge in [0.15, 0.2) is 5.78 Å². The van der Waals surface area contributed by atoms with Gasteiger partial charge in [-0.25, -0.2) is 0 Å². The van der Waals surface area contributed by atoms with Crippen LogP contribution in [0.15, 0.2) is 35.4 Å². The average Bonchev–Trinajstić information content (AvgIpc) is 3.03. The van der Waals surface area contributed by atoms with Gasteiger partial charge in [0.2, 0.25) is 0 Å². The molecule has 0 spiro atoms. The van der Waals surface area contributed by atoms with E-state index in [2.05, 4.69) is 16.4 Å². The number of nitrogens with zero attached hydrogens (tertiary/aromatic N) is 1. The fourth-order valence-corrected chi connectivity index (χ4v) is 6.06. The Kier molecular flexibility index (Phi) is 9.43. The van der Waals surface area contributed by atoms with Crippen LogP contribution < -0.4 is 5.32 Å². The number of carbonyl (C=O) groups is 1. The van der Waals surface area contributed by atoms with Gasteiger partial charge in [0, 0.05) is 28.8 Å². The highest BCUT2D eigenvalue weighted by Gasteiger charge is 2.17. The maximum absolute atomic E-state index is 12.5. The molecule has 1 aliphatic heterocycles. The van der Waals surface area contributed by atoms with Gasteiger partial charge in [0.25, 0.3) is 0 Å². The third-order valence-electron chi connectivity index (χ3n) is 6.45. The molecule has 1 aliphatic carbocycles. The number of halogens is 1. The normalized spacial score (nSPS) is 16.8. The average molecular weight is 459 g/mol. The zero-order valence-electron chi connectivity index (χ0n) is 17.6. The van der Waals surface area contributed by atoms with E-state index in [0.29, 0.717) is 6.42 Å². The van der Waals surface area contributed by atoms with Crippen LogP contribution in [0.1, 0.15) is 79.6 Å². The van der Waals surface area contributed by atoms with Crippen molar-refractivity contribution >= 4 is 29.1 Å². The Bertz CT molecular complexity index is 862. The highest BCUT2D eigenvalue weighted by Crippen LogP contribution is 2.35. The molecule has 2 aromatic rings. The number of ketones is 1. The summed E-state index contributed by atoms with van der Waals surface area (Å²) in [6, 6.07) is 8.14. The molecule has 31 heavy (non-hydrogen) atoms. The minimum atomic E-state index is 0. The van der Waals surface area contributed by atoms with Gasteiger partial charge in [-0.2, -0.15) is 0 Å². The number of thioether (sulfide) groups is 1. The summed E-state index contributed by atoms with van der Waals surface area (Å²) in [6.07, 6.45) is 12.1. The Labute approximate surface area is 196 Å². The lowest BCUT2D eigenvalue weighted by Gasteiger charge is -2.20. The Morgan fingerprint density at radius 3 is 2.68 bits per heavy atom. The van der Waals surface area contributed by atoms with Crippen molar-refractivity contribution < 1.29 is 4.79 Å². The van der Waals surface area contributed by atoms with Gasteiger partial charge in [0.1, 0.15) is 0 Å². The summed E-state index contributed by atoms with van der Waals surface area (Å²) in [7, 11) is 0. The molecule has 0 bridgehead atoms. The second-order valence-corrected chi connectivity index (χ2v) is 9.95. The van der Waals surface area contributed by atoms with E-state index in [4.69, 9.17) is 11.6 Å². The molecule has 0 saturated heterocycles. The van der Waals surface area contributed by atoms with Crippen molar-refractivity contribution in [3.63, 3.8) is 0 Å². The van der Waals surface area contributed by atoms with E-state index in [1.54, 1.807) is 18.0 Å². The molecule has 4 rings (SSSR count). The number of rotatable bonds is 7. The van der Waals surface area contributed by atoms with Crippen LogP contribution >= 0.6 is 23.4 Å². The molecule has 0 atom stereocenters. The van der Waals surface area contributed by atoms with Crippen LogP contribution in [0.5, 0.6) is 0 Å². The third-order valence-corrected chi connectivity index (χ3v) is 8.07. The Morgan fingerprint density at radius 2 is 1.90 bits per heavy atom. The summed E-state index contributed by atoms with van der Waals surface area (Å²) >= 11 is 8.30. The van der Waals surface area contributed by atoms with Gasteiger partial charge >= 0.3 is 0 Å². The second-order valence-electron chi connectivity index (χ2n) is 8.56. The summed E-state index contributed by atoms with van der Waals surface area (Å²) < 4.78 is 0. The number of aromatic nitrogens is 1. The first-order valence-corrected chi connectivity index (χ1v) is 12.7. The fourth-order valence-electron chi connectivity index (χ4n) is 4.64. The molecule has 2 heterocycles. The molecule has 2 aliphatic rings.